The third-order valence-corrected chi connectivity index (χ3v) is 6.36. The first kappa shape index (κ1) is 22.2. The first-order valence-electron chi connectivity index (χ1n) is 9.77. The van der Waals surface area contributed by atoms with Crippen molar-refractivity contribution in [2.45, 2.75) is 51.0 Å². The van der Waals surface area contributed by atoms with Crippen LogP contribution in [0.2, 0.25) is 0 Å². The summed E-state index contributed by atoms with van der Waals surface area (Å²) in [5, 5.41) is 20.0. The number of rotatable bonds is 8. The summed E-state index contributed by atoms with van der Waals surface area (Å²) in [6.07, 6.45) is 7.08. The molecule has 10 heteroatoms. The normalized spacial score (nSPS) is 18.8. The summed E-state index contributed by atoms with van der Waals surface area (Å²) >= 11 is 6.36. The minimum Gasteiger partial charge on any atom is -0.490 e. The number of nitro groups is 1. The molecule has 0 aromatic heterocycles. The molecular weight excluding hydrogens is 428 g/mol. The quantitative estimate of drug-likeness (QED) is 0.269. The highest BCUT2D eigenvalue weighted by Gasteiger charge is 2.32. The molecule has 8 nitrogen and oxygen atoms in total. The SMILES string of the molecule is O=C(O)CCCN1C(=O)/C(=C/c2cc([N+](=O)[O-])ccc2OC2CCCCC2)SC1=S. The van der Waals surface area contributed by atoms with E-state index < -0.39 is 10.9 Å². The van der Waals surface area contributed by atoms with E-state index in [0.717, 1.165) is 37.4 Å². The fourth-order valence-corrected chi connectivity index (χ4v) is 4.75. The number of hydrogen-bond donors (Lipinski definition) is 1. The van der Waals surface area contributed by atoms with Crippen molar-refractivity contribution in [3.8, 4) is 5.75 Å². The number of aliphatic carboxylic acids is 1. The number of thioether (sulfide) groups is 1. The first-order valence-corrected chi connectivity index (χ1v) is 11.0. The molecule has 1 heterocycles. The summed E-state index contributed by atoms with van der Waals surface area (Å²) in [6.45, 7) is 0.217. The van der Waals surface area contributed by atoms with Gasteiger partial charge in [-0.25, -0.2) is 0 Å². The molecule has 160 valence electrons. The maximum absolute atomic E-state index is 12.7. The van der Waals surface area contributed by atoms with Gasteiger partial charge in [0.1, 0.15) is 10.1 Å². The predicted octanol–water partition coefficient (Wildman–Crippen LogP) is 4.37. The second-order valence-corrected chi connectivity index (χ2v) is 8.86. The molecule has 30 heavy (non-hydrogen) atoms. The molecule has 0 bridgehead atoms. The van der Waals surface area contributed by atoms with Gasteiger partial charge in [0, 0.05) is 30.7 Å². The molecular formula is C20H22N2O6S2. The lowest BCUT2D eigenvalue weighted by molar-refractivity contribution is -0.384. The Morgan fingerprint density at radius 2 is 2.10 bits per heavy atom. The second kappa shape index (κ2) is 10.0. The number of carboxylic acid groups (broad SMARTS) is 1. The number of nitro benzene ring substituents is 1. The van der Waals surface area contributed by atoms with Gasteiger partial charge in [-0.1, -0.05) is 30.4 Å². The van der Waals surface area contributed by atoms with Crippen LogP contribution in [0.3, 0.4) is 0 Å². The maximum Gasteiger partial charge on any atom is 0.303 e. The van der Waals surface area contributed by atoms with Gasteiger partial charge in [0.05, 0.1) is 15.9 Å². The molecule has 3 rings (SSSR count). The zero-order valence-corrected chi connectivity index (χ0v) is 17.9. The van der Waals surface area contributed by atoms with E-state index in [9.17, 15) is 19.7 Å². The predicted molar refractivity (Wildman–Crippen MR) is 117 cm³/mol. The molecule has 1 aromatic rings. The lowest BCUT2D eigenvalue weighted by Gasteiger charge is -2.23. The van der Waals surface area contributed by atoms with Crippen molar-refractivity contribution >= 4 is 51.9 Å². The fourth-order valence-electron chi connectivity index (χ4n) is 3.45. The fraction of sp³-hybridized carbons (Fsp3) is 0.450. The molecule has 0 radical (unpaired) electrons. The number of amides is 1. The lowest BCUT2D eigenvalue weighted by Crippen LogP contribution is -2.29. The Morgan fingerprint density at radius 1 is 1.37 bits per heavy atom. The molecule has 2 fully saturated rings. The number of carbonyl (C=O) groups is 2. The van der Waals surface area contributed by atoms with Crippen LogP contribution in [-0.2, 0) is 9.59 Å². The summed E-state index contributed by atoms with van der Waals surface area (Å²) in [5.74, 6) is -0.758. The van der Waals surface area contributed by atoms with E-state index in [0.29, 0.717) is 27.0 Å². The van der Waals surface area contributed by atoms with Gasteiger partial charge in [-0.05, 0) is 44.2 Å². The largest absolute Gasteiger partial charge is 0.490 e. The van der Waals surface area contributed by atoms with Crippen molar-refractivity contribution in [1.29, 1.82) is 0 Å². The van der Waals surface area contributed by atoms with Crippen molar-refractivity contribution in [1.82, 2.24) is 4.90 Å². The molecule has 0 unspecified atom stereocenters. The molecule has 1 saturated carbocycles. The van der Waals surface area contributed by atoms with Crippen LogP contribution in [0, 0.1) is 10.1 Å². The van der Waals surface area contributed by atoms with Gasteiger partial charge in [0.25, 0.3) is 11.6 Å². The van der Waals surface area contributed by atoms with Crippen LogP contribution in [0.4, 0.5) is 5.69 Å². The van der Waals surface area contributed by atoms with Gasteiger partial charge < -0.3 is 9.84 Å². The number of carboxylic acids is 1. The van der Waals surface area contributed by atoms with E-state index in [1.807, 2.05) is 0 Å². The molecule has 1 amide bonds. The second-order valence-electron chi connectivity index (χ2n) is 7.19. The van der Waals surface area contributed by atoms with E-state index >= 15 is 0 Å². The molecule has 1 aliphatic carbocycles. The Morgan fingerprint density at radius 3 is 2.77 bits per heavy atom. The van der Waals surface area contributed by atoms with Crippen LogP contribution >= 0.6 is 24.0 Å². The van der Waals surface area contributed by atoms with E-state index in [2.05, 4.69) is 0 Å². The first-order chi connectivity index (χ1) is 14.3. The zero-order valence-electron chi connectivity index (χ0n) is 16.2. The van der Waals surface area contributed by atoms with Crippen LogP contribution in [0.5, 0.6) is 5.75 Å². The van der Waals surface area contributed by atoms with Crippen LogP contribution in [0.25, 0.3) is 6.08 Å². The molecule has 1 N–H and O–H groups in total. The summed E-state index contributed by atoms with van der Waals surface area (Å²) in [7, 11) is 0. The lowest BCUT2D eigenvalue weighted by atomic mass is 9.97. The van der Waals surface area contributed by atoms with E-state index in [4.69, 9.17) is 22.1 Å². The third-order valence-electron chi connectivity index (χ3n) is 4.98. The zero-order chi connectivity index (χ0) is 21.7. The van der Waals surface area contributed by atoms with Crippen LogP contribution in [0.1, 0.15) is 50.5 Å². The minimum absolute atomic E-state index is 0.0536. The molecule has 1 saturated heterocycles. The van der Waals surface area contributed by atoms with Gasteiger partial charge >= 0.3 is 5.97 Å². The molecule has 1 aliphatic heterocycles. The summed E-state index contributed by atoms with van der Waals surface area (Å²) in [5.41, 5.74) is 0.370. The highest BCUT2D eigenvalue weighted by Crippen LogP contribution is 2.36. The summed E-state index contributed by atoms with van der Waals surface area (Å²) < 4.78 is 6.46. The number of carbonyl (C=O) groups excluding carboxylic acids is 1. The Labute approximate surface area is 183 Å². The van der Waals surface area contributed by atoms with Crippen LogP contribution < -0.4 is 4.74 Å². The standard InChI is InChI=1S/C20H22N2O6S2/c23-18(24)7-4-10-21-19(25)17(30-20(21)29)12-13-11-14(22(26)27)8-9-16(13)28-15-5-2-1-3-6-15/h8-9,11-12,15H,1-7,10H2,(H,23,24)/b17-12-. The summed E-state index contributed by atoms with van der Waals surface area (Å²) in [4.78, 5) is 35.9. The highest BCUT2D eigenvalue weighted by molar-refractivity contribution is 8.26. The summed E-state index contributed by atoms with van der Waals surface area (Å²) in [6, 6.07) is 4.37. The number of nitrogens with zero attached hydrogens (tertiary/aromatic N) is 2. The minimum atomic E-state index is -0.933. The van der Waals surface area contributed by atoms with Gasteiger partial charge in [0.15, 0.2) is 0 Å². The van der Waals surface area contributed by atoms with E-state index in [1.54, 1.807) is 12.1 Å². The number of thiocarbonyl (C=S) groups is 1. The number of benzene rings is 1. The Balaban J connectivity index is 1.83. The topological polar surface area (TPSA) is 110 Å². The molecule has 1 aromatic carbocycles. The number of non-ortho nitro benzene ring substituents is 1. The maximum atomic E-state index is 12.7. The number of hydrogen-bond acceptors (Lipinski definition) is 7. The van der Waals surface area contributed by atoms with Crippen molar-refractivity contribution in [3.05, 3.63) is 38.8 Å². The van der Waals surface area contributed by atoms with Gasteiger partial charge in [0.2, 0.25) is 0 Å². The van der Waals surface area contributed by atoms with E-state index in [1.165, 1.54) is 23.5 Å². The molecule has 2 aliphatic rings. The van der Waals surface area contributed by atoms with E-state index in [-0.39, 0.29) is 30.7 Å². The van der Waals surface area contributed by atoms with Crippen molar-refractivity contribution < 1.29 is 24.4 Å². The molecule has 0 atom stereocenters. The van der Waals surface area contributed by atoms with Gasteiger partial charge in [-0.15, -0.1) is 0 Å². The Kier molecular flexibility index (Phi) is 7.43. The van der Waals surface area contributed by atoms with Gasteiger partial charge in [-0.3, -0.25) is 24.6 Å². The molecule has 0 spiro atoms. The van der Waals surface area contributed by atoms with Crippen molar-refractivity contribution in [3.63, 3.8) is 0 Å². The number of ether oxygens (including phenoxy) is 1. The Hall–Kier alpha value is -2.46. The van der Waals surface area contributed by atoms with Crippen molar-refractivity contribution in [2.75, 3.05) is 6.54 Å². The monoisotopic (exact) mass is 450 g/mol. The highest BCUT2D eigenvalue weighted by atomic mass is 32.2. The average Bonchev–Trinajstić information content (AvgIpc) is 2.97. The third kappa shape index (κ3) is 5.57. The van der Waals surface area contributed by atoms with Crippen LogP contribution in [0.15, 0.2) is 23.1 Å². The van der Waals surface area contributed by atoms with Crippen LogP contribution in [-0.4, -0.2) is 43.8 Å². The van der Waals surface area contributed by atoms with Gasteiger partial charge in [-0.2, -0.15) is 0 Å². The Bertz CT molecular complexity index is 895. The smallest absolute Gasteiger partial charge is 0.303 e. The average molecular weight is 451 g/mol. The van der Waals surface area contributed by atoms with Crippen molar-refractivity contribution in [2.24, 2.45) is 0 Å².